The zero-order valence-electron chi connectivity index (χ0n) is 17.2. The molecular formula is C21H42O4. The average molecular weight is 359 g/mol. The molecule has 0 N–H and O–H groups in total. The standard InChI is InChI=1S/C21H42O4/c1-5-8-9-10-11-12-19(16-22-17-20-18-23-20)15-21(4,24-13-6-2)25-14-7-3/h19-20H,5-18H2,1-4H3. The fourth-order valence-electron chi connectivity index (χ4n) is 3.13. The van der Waals surface area contributed by atoms with E-state index in [2.05, 4.69) is 27.7 Å². The molecule has 2 unspecified atom stereocenters. The maximum Gasteiger partial charge on any atom is 0.165 e. The summed E-state index contributed by atoms with van der Waals surface area (Å²) in [5.41, 5.74) is 0. The van der Waals surface area contributed by atoms with Gasteiger partial charge in [-0.15, -0.1) is 0 Å². The minimum absolute atomic E-state index is 0.337. The van der Waals surface area contributed by atoms with Gasteiger partial charge >= 0.3 is 0 Å². The van der Waals surface area contributed by atoms with Crippen molar-refractivity contribution in [2.75, 3.05) is 33.0 Å². The van der Waals surface area contributed by atoms with Crippen molar-refractivity contribution < 1.29 is 18.9 Å². The molecule has 0 radical (unpaired) electrons. The summed E-state index contributed by atoms with van der Waals surface area (Å²) in [5, 5.41) is 0. The Balaban J connectivity index is 2.45. The molecule has 0 aliphatic carbocycles. The smallest absolute Gasteiger partial charge is 0.165 e. The lowest BCUT2D eigenvalue weighted by atomic mass is 9.94. The van der Waals surface area contributed by atoms with Gasteiger partial charge in [-0.25, -0.2) is 0 Å². The van der Waals surface area contributed by atoms with E-state index in [0.717, 1.165) is 52.3 Å². The minimum Gasteiger partial charge on any atom is -0.378 e. The quantitative estimate of drug-likeness (QED) is 0.188. The Kier molecular flexibility index (Phi) is 12.8. The molecule has 0 saturated carbocycles. The number of ether oxygens (including phenoxy) is 4. The Morgan fingerprint density at radius 3 is 2.16 bits per heavy atom. The van der Waals surface area contributed by atoms with Gasteiger partial charge in [-0.1, -0.05) is 52.9 Å². The van der Waals surface area contributed by atoms with Gasteiger partial charge in [0.2, 0.25) is 0 Å². The first-order valence-electron chi connectivity index (χ1n) is 10.6. The van der Waals surface area contributed by atoms with Crippen molar-refractivity contribution in [2.45, 2.75) is 97.4 Å². The highest BCUT2D eigenvalue weighted by molar-refractivity contribution is 4.73. The van der Waals surface area contributed by atoms with Crippen LogP contribution in [0.5, 0.6) is 0 Å². The summed E-state index contributed by atoms with van der Waals surface area (Å²) in [6.45, 7) is 12.5. The van der Waals surface area contributed by atoms with E-state index in [9.17, 15) is 0 Å². The molecule has 4 heteroatoms. The van der Waals surface area contributed by atoms with Gasteiger partial charge in [0.15, 0.2) is 5.79 Å². The third-order valence-electron chi connectivity index (χ3n) is 4.66. The minimum atomic E-state index is -0.487. The molecule has 0 aromatic rings. The number of rotatable bonds is 18. The van der Waals surface area contributed by atoms with Crippen LogP contribution in [0, 0.1) is 5.92 Å². The second-order valence-electron chi connectivity index (χ2n) is 7.60. The van der Waals surface area contributed by atoms with Gasteiger partial charge in [-0.3, -0.25) is 0 Å². The molecule has 2 atom stereocenters. The normalized spacial score (nSPS) is 18.5. The van der Waals surface area contributed by atoms with Crippen LogP contribution in [0.2, 0.25) is 0 Å². The van der Waals surface area contributed by atoms with Crippen LogP contribution in [-0.4, -0.2) is 44.9 Å². The van der Waals surface area contributed by atoms with Crippen molar-refractivity contribution in [1.29, 1.82) is 0 Å². The highest BCUT2D eigenvalue weighted by atomic mass is 16.7. The number of epoxide rings is 1. The van der Waals surface area contributed by atoms with Crippen molar-refractivity contribution in [3.8, 4) is 0 Å². The lowest BCUT2D eigenvalue weighted by Crippen LogP contribution is -2.36. The van der Waals surface area contributed by atoms with E-state index in [1.807, 2.05) is 0 Å². The Labute approximate surface area is 155 Å². The topological polar surface area (TPSA) is 40.2 Å². The maximum atomic E-state index is 6.09. The SMILES string of the molecule is CCCCCCCC(COCC1CO1)CC(C)(OCCC)OCCC. The van der Waals surface area contributed by atoms with E-state index < -0.39 is 5.79 Å². The Bertz CT molecular complexity index is 296. The maximum absolute atomic E-state index is 6.09. The predicted molar refractivity (Wildman–Crippen MR) is 103 cm³/mol. The first-order valence-corrected chi connectivity index (χ1v) is 10.6. The Morgan fingerprint density at radius 1 is 0.960 bits per heavy atom. The Morgan fingerprint density at radius 2 is 1.60 bits per heavy atom. The summed E-state index contributed by atoms with van der Waals surface area (Å²) in [4.78, 5) is 0. The zero-order chi connectivity index (χ0) is 18.4. The van der Waals surface area contributed by atoms with Crippen LogP contribution in [0.4, 0.5) is 0 Å². The van der Waals surface area contributed by atoms with E-state index in [-0.39, 0.29) is 0 Å². The third kappa shape index (κ3) is 12.0. The molecule has 0 aromatic heterocycles. The number of hydrogen-bond acceptors (Lipinski definition) is 4. The molecule has 0 amide bonds. The van der Waals surface area contributed by atoms with Crippen molar-refractivity contribution in [2.24, 2.45) is 5.92 Å². The molecule has 1 rings (SSSR count). The predicted octanol–water partition coefficient (Wildman–Crippen LogP) is 5.34. The molecule has 0 bridgehead atoms. The molecular weight excluding hydrogens is 316 g/mol. The van der Waals surface area contributed by atoms with Crippen LogP contribution in [0.15, 0.2) is 0 Å². The summed E-state index contributed by atoms with van der Waals surface area (Å²) in [6.07, 6.45) is 11.0. The molecule has 0 spiro atoms. The van der Waals surface area contributed by atoms with Crippen molar-refractivity contribution in [3.63, 3.8) is 0 Å². The molecule has 1 fully saturated rings. The highest BCUT2D eigenvalue weighted by Gasteiger charge is 2.30. The Hall–Kier alpha value is -0.160. The van der Waals surface area contributed by atoms with Crippen LogP contribution >= 0.6 is 0 Å². The third-order valence-corrected chi connectivity index (χ3v) is 4.66. The fourth-order valence-corrected chi connectivity index (χ4v) is 3.13. The molecule has 1 saturated heterocycles. The molecule has 150 valence electrons. The first-order chi connectivity index (χ1) is 12.1. The van der Waals surface area contributed by atoms with Crippen LogP contribution in [-0.2, 0) is 18.9 Å². The molecule has 1 aliphatic heterocycles. The number of unbranched alkanes of at least 4 members (excludes halogenated alkanes) is 4. The van der Waals surface area contributed by atoms with Crippen LogP contribution < -0.4 is 0 Å². The van der Waals surface area contributed by atoms with E-state index in [4.69, 9.17) is 18.9 Å². The van der Waals surface area contributed by atoms with Gasteiger partial charge in [0, 0.05) is 26.2 Å². The summed E-state index contributed by atoms with van der Waals surface area (Å²) in [7, 11) is 0. The monoisotopic (exact) mass is 358 g/mol. The van der Waals surface area contributed by atoms with Gasteiger partial charge in [-0.05, 0) is 32.1 Å². The number of hydrogen-bond donors (Lipinski definition) is 0. The van der Waals surface area contributed by atoms with E-state index in [0.29, 0.717) is 12.0 Å². The molecule has 1 aliphatic rings. The van der Waals surface area contributed by atoms with Gasteiger partial charge in [0.05, 0.1) is 13.2 Å². The van der Waals surface area contributed by atoms with E-state index >= 15 is 0 Å². The lowest BCUT2D eigenvalue weighted by Gasteiger charge is -2.33. The van der Waals surface area contributed by atoms with Gasteiger partial charge in [-0.2, -0.15) is 0 Å². The summed E-state index contributed by atoms with van der Waals surface area (Å²) < 4.78 is 23.4. The second kappa shape index (κ2) is 14.0. The highest BCUT2D eigenvalue weighted by Crippen LogP contribution is 2.28. The lowest BCUT2D eigenvalue weighted by molar-refractivity contribution is -0.237. The molecule has 0 aromatic carbocycles. The van der Waals surface area contributed by atoms with Gasteiger partial charge in [0.1, 0.15) is 6.10 Å². The van der Waals surface area contributed by atoms with Crippen molar-refractivity contribution >= 4 is 0 Å². The van der Waals surface area contributed by atoms with Crippen molar-refractivity contribution in [3.05, 3.63) is 0 Å². The fraction of sp³-hybridized carbons (Fsp3) is 1.00. The molecule has 25 heavy (non-hydrogen) atoms. The summed E-state index contributed by atoms with van der Waals surface area (Å²) >= 11 is 0. The van der Waals surface area contributed by atoms with Crippen LogP contribution in [0.25, 0.3) is 0 Å². The van der Waals surface area contributed by atoms with E-state index in [1.54, 1.807) is 0 Å². The van der Waals surface area contributed by atoms with E-state index in [1.165, 1.54) is 38.5 Å². The molecule has 4 nitrogen and oxygen atoms in total. The second-order valence-corrected chi connectivity index (χ2v) is 7.60. The first kappa shape index (κ1) is 22.9. The van der Waals surface area contributed by atoms with Gasteiger partial charge in [0.25, 0.3) is 0 Å². The zero-order valence-corrected chi connectivity index (χ0v) is 17.2. The van der Waals surface area contributed by atoms with Crippen molar-refractivity contribution in [1.82, 2.24) is 0 Å². The average Bonchev–Trinajstić information content (AvgIpc) is 3.42. The molecule has 1 heterocycles. The summed E-state index contributed by atoms with van der Waals surface area (Å²) in [5.74, 6) is -0.00129. The largest absolute Gasteiger partial charge is 0.378 e. The summed E-state index contributed by atoms with van der Waals surface area (Å²) in [6, 6.07) is 0. The van der Waals surface area contributed by atoms with Gasteiger partial charge < -0.3 is 18.9 Å². The van der Waals surface area contributed by atoms with Crippen LogP contribution in [0.1, 0.15) is 85.5 Å². The van der Waals surface area contributed by atoms with Crippen LogP contribution in [0.3, 0.4) is 0 Å².